The fourth-order valence-electron chi connectivity index (χ4n) is 4.23. The second-order valence-corrected chi connectivity index (χ2v) is 9.38. The zero-order chi connectivity index (χ0) is 23.6. The Morgan fingerprint density at radius 3 is 1.91 bits per heavy atom. The molecule has 1 atom stereocenters. The summed E-state index contributed by atoms with van der Waals surface area (Å²) in [6.07, 6.45) is 0.334. The van der Waals surface area contributed by atoms with E-state index in [1.54, 1.807) is 12.1 Å². The standard InChI is InChI=1S/C29H29NO3/c1-29(2,3)22-15-13-19(14-16-22)27(31)30-26(28(32)33-4)18-25-23-11-7-5-9-20(23)17-21-10-6-8-12-24(21)25/h5-17,26H,18H2,1-4H3,(H,30,31)/t26-/m0/s1. The highest BCUT2D eigenvalue weighted by atomic mass is 16.5. The monoisotopic (exact) mass is 439 g/mol. The average Bonchev–Trinajstić information content (AvgIpc) is 2.82. The Balaban J connectivity index is 1.69. The molecule has 1 amide bonds. The molecule has 0 aliphatic rings. The van der Waals surface area contributed by atoms with Gasteiger partial charge in [0.05, 0.1) is 7.11 Å². The first-order valence-corrected chi connectivity index (χ1v) is 11.2. The fourth-order valence-corrected chi connectivity index (χ4v) is 4.23. The molecule has 0 saturated carbocycles. The van der Waals surface area contributed by atoms with Gasteiger partial charge in [-0.1, -0.05) is 81.4 Å². The van der Waals surface area contributed by atoms with Crippen molar-refractivity contribution in [2.24, 2.45) is 0 Å². The molecular formula is C29H29NO3. The van der Waals surface area contributed by atoms with Crippen LogP contribution in [0.15, 0.2) is 78.9 Å². The van der Waals surface area contributed by atoms with E-state index in [1.807, 2.05) is 36.4 Å². The third-order valence-electron chi connectivity index (χ3n) is 6.10. The Hall–Kier alpha value is -3.66. The van der Waals surface area contributed by atoms with Crippen LogP contribution in [0.4, 0.5) is 0 Å². The van der Waals surface area contributed by atoms with E-state index in [0.717, 1.165) is 32.7 Å². The van der Waals surface area contributed by atoms with Crippen molar-refractivity contribution in [2.75, 3.05) is 7.11 Å². The molecule has 0 aliphatic heterocycles. The van der Waals surface area contributed by atoms with Crippen LogP contribution in [-0.4, -0.2) is 25.0 Å². The molecule has 0 aromatic heterocycles. The van der Waals surface area contributed by atoms with Gasteiger partial charge in [-0.25, -0.2) is 4.79 Å². The van der Waals surface area contributed by atoms with Gasteiger partial charge >= 0.3 is 5.97 Å². The molecule has 4 nitrogen and oxygen atoms in total. The lowest BCUT2D eigenvalue weighted by atomic mass is 9.86. The molecule has 4 aromatic carbocycles. The molecule has 0 fully saturated rings. The van der Waals surface area contributed by atoms with Crippen LogP contribution < -0.4 is 5.32 Å². The topological polar surface area (TPSA) is 55.4 Å². The van der Waals surface area contributed by atoms with Crippen molar-refractivity contribution >= 4 is 33.4 Å². The number of rotatable bonds is 5. The SMILES string of the molecule is COC(=O)[C@H](Cc1c2ccccc2cc2ccccc12)NC(=O)c1ccc(C(C)(C)C)cc1. The average molecular weight is 440 g/mol. The number of nitrogens with one attached hydrogen (secondary N) is 1. The number of methoxy groups -OCH3 is 1. The van der Waals surface area contributed by atoms with E-state index < -0.39 is 12.0 Å². The maximum Gasteiger partial charge on any atom is 0.328 e. The molecule has 168 valence electrons. The van der Waals surface area contributed by atoms with Crippen LogP contribution >= 0.6 is 0 Å². The summed E-state index contributed by atoms with van der Waals surface area (Å²) in [5, 5.41) is 7.23. The van der Waals surface area contributed by atoms with Gasteiger partial charge in [0, 0.05) is 12.0 Å². The van der Waals surface area contributed by atoms with E-state index in [-0.39, 0.29) is 11.3 Å². The van der Waals surface area contributed by atoms with Crippen LogP contribution in [0.3, 0.4) is 0 Å². The first-order chi connectivity index (χ1) is 15.8. The summed E-state index contributed by atoms with van der Waals surface area (Å²) in [6.45, 7) is 6.39. The van der Waals surface area contributed by atoms with Gasteiger partial charge in [-0.05, 0) is 56.3 Å². The third-order valence-corrected chi connectivity index (χ3v) is 6.10. The summed E-state index contributed by atoms with van der Waals surface area (Å²) < 4.78 is 5.06. The minimum atomic E-state index is -0.806. The molecule has 0 spiro atoms. The molecule has 0 heterocycles. The van der Waals surface area contributed by atoms with E-state index in [9.17, 15) is 9.59 Å². The molecule has 0 saturated heterocycles. The third kappa shape index (κ3) is 4.75. The fraction of sp³-hybridized carbons (Fsp3) is 0.241. The van der Waals surface area contributed by atoms with Crippen molar-refractivity contribution < 1.29 is 14.3 Å². The van der Waals surface area contributed by atoms with Gasteiger partial charge < -0.3 is 10.1 Å². The largest absolute Gasteiger partial charge is 0.467 e. The van der Waals surface area contributed by atoms with Crippen LogP contribution in [-0.2, 0) is 21.4 Å². The zero-order valence-electron chi connectivity index (χ0n) is 19.5. The van der Waals surface area contributed by atoms with E-state index >= 15 is 0 Å². The normalized spacial score (nSPS) is 12.5. The van der Waals surface area contributed by atoms with E-state index in [4.69, 9.17) is 4.74 Å². The number of carbonyl (C=O) groups excluding carboxylic acids is 2. The van der Waals surface area contributed by atoms with Gasteiger partial charge in [-0.3, -0.25) is 4.79 Å². The predicted molar refractivity (Wildman–Crippen MR) is 134 cm³/mol. The number of hydrogen-bond acceptors (Lipinski definition) is 3. The quantitative estimate of drug-likeness (QED) is 0.316. The van der Waals surface area contributed by atoms with Crippen molar-refractivity contribution in [1.29, 1.82) is 0 Å². The van der Waals surface area contributed by atoms with Gasteiger partial charge in [0.25, 0.3) is 5.91 Å². The van der Waals surface area contributed by atoms with Crippen molar-refractivity contribution in [2.45, 2.75) is 38.6 Å². The van der Waals surface area contributed by atoms with Crippen LogP contribution in [0.1, 0.15) is 42.3 Å². The lowest BCUT2D eigenvalue weighted by Gasteiger charge is -2.21. The van der Waals surface area contributed by atoms with Crippen LogP contribution in [0.2, 0.25) is 0 Å². The van der Waals surface area contributed by atoms with Crippen LogP contribution in [0, 0.1) is 0 Å². The lowest BCUT2D eigenvalue weighted by Crippen LogP contribution is -2.43. The smallest absolute Gasteiger partial charge is 0.328 e. The maximum atomic E-state index is 13.0. The predicted octanol–water partition coefficient (Wildman–Crippen LogP) is 5.80. The molecule has 4 heteroatoms. The van der Waals surface area contributed by atoms with Crippen LogP contribution in [0.25, 0.3) is 21.5 Å². The summed E-state index contributed by atoms with van der Waals surface area (Å²) in [6, 6.07) is 25.1. The van der Waals surface area contributed by atoms with Gasteiger partial charge in [-0.15, -0.1) is 0 Å². The minimum Gasteiger partial charge on any atom is -0.467 e. The molecule has 1 N–H and O–H groups in total. The molecule has 4 rings (SSSR count). The molecule has 33 heavy (non-hydrogen) atoms. The summed E-state index contributed by atoms with van der Waals surface area (Å²) in [4.78, 5) is 25.7. The molecule has 0 radical (unpaired) electrons. The van der Waals surface area contributed by atoms with Gasteiger partial charge in [-0.2, -0.15) is 0 Å². The van der Waals surface area contributed by atoms with Gasteiger partial charge in [0.15, 0.2) is 0 Å². The Morgan fingerprint density at radius 1 is 0.848 bits per heavy atom. The number of carbonyl (C=O) groups is 2. The molecule has 4 aromatic rings. The second kappa shape index (κ2) is 9.07. The number of amides is 1. The molecule has 0 aliphatic carbocycles. The van der Waals surface area contributed by atoms with Crippen molar-refractivity contribution in [3.63, 3.8) is 0 Å². The highest BCUT2D eigenvalue weighted by Gasteiger charge is 2.25. The Morgan fingerprint density at radius 2 is 1.39 bits per heavy atom. The molecular weight excluding hydrogens is 410 g/mol. The first kappa shape index (κ1) is 22.5. The summed E-state index contributed by atoms with van der Waals surface area (Å²) >= 11 is 0. The first-order valence-electron chi connectivity index (χ1n) is 11.2. The lowest BCUT2D eigenvalue weighted by molar-refractivity contribution is -0.142. The number of benzene rings is 4. The Kier molecular flexibility index (Phi) is 6.19. The highest BCUT2D eigenvalue weighted by Crippen LogP contribution is 2.30. The number of ether oxygens (including phenoxy) is 1. The zero-order valence-corrected chi connectivity index (χ0v) is 19.5. The van der Waals surface area contributed by atoms with E-state index in [2.05, 4.69) is 56.4 Å². The summed E-state index contributed by atoms with van der Waals surface area (Å²) in [5.41, 5.74) is 2.67. The van der Waals surface area contributed by atoms with E-state index in [1.165, 1.54) is 7.11 Å². The van der Waals surface area contributed by atoms with Gasteiger partial charge in [0.2, 0.25) is 0 Å². The molecule has 0 unspecified atom stereocenters. The summed E-state index contributed by atoms with van der Waals surface area (Å²) in [5.74, 6) is -0.762. The maximum absolute atomic E-state index is 13.0. The summed E-state index contributed by atoms with van der Waals surface area (Å²) in [7, 11) is 1.35. The van der Waals surface area contributed by atoms with Crippen LogP contribution in [0.5, 0.6) is 0 Å². The Bertz CT molecular complexity index is 1260. The minimum absolute atomic E-state index is 0.00101. The van der Waals surface area contributed by atoms with Crippen molar-refractivity contribution in [3.8, 4) is 0 Å². The second-order valence-electron chi connectivity index (χ2n) is 9.38. The van der Waals surface area contributed by atoms with Crippen molar-refractivity contribution in [1.82, 2.24) is 5.32 Å². The van der Waals surface area contributed by atoms with Gasteiger partial charge in [0.1, 0.15) is 6.04 Å². The van der Waals surface area contributed by atoms with Crippen molar-refractivity contribution in [3.05, 3.63) is 95.6 Å². The highest BCUT2D eigenvalue weighted by molar-refractivity contribution is 6.03. The molecule has 0 bridgehead atoms. The number of fused-ring (bicyclic) bond motifs is 2. The number of esters is 1. The number of hydrogen-bond donors (Lipinski definition) is 1. The Labute approximate surface area is 194 Å². The van der Waals surface area contributed by atoms with E-state index in [0.29, 0.717) is 12.0 Å².